The molecule has 0 aromatic carbocycles. The number of hydrogen-bond acceptors (Lipinski definition) is 5. The first-order chi connectivity index (χ1) is 7.54. The Morgan fingerprint density at radius 1 is 1.25 bits per heavy atom. The van der Waals surface area contributed by atoms with Crippen molar-refractivity contribution in [3.8, 4) is 0 Å². The molecule has 1 N–H and O–H groups in total. The molecule has 0 radical (unpaired) electrons. The van der Waals surface area contributed by atoms with Gasteiger partial charge in [-0.05, 0) is 13.3 Å². The van der Waals surface area contributed by atoms with E-state index in [-0.39, 0.29) is 25.2 Å². The van der Waals surface area contributed by atoms with Crippen molar-refractivity contribution in [2.75, 3.05) is 13.7 Å². The van der Waals surface area contributed by atoms with Crippen LogP contribution in [-0.4, -0.2) is 42.8 Å². The number of ketones is 1. The predicted molar refractivity (Wildman–Crippen MR) is 58.0 cm³/mol. The molecule has 1 unspecified atom stereocenters. The third-order valence-electron chi connectivity index (χ3n) is 2.26. The molecule has 0 aliphatic rings. The molecule has 0 aliphatic heterocycles. The summed E-state index contributed by atoms with van der Waals surface area (Å²) in [5, 5.41) is 8.99. The normalized spacial score (nSPS) is 14.2. The maximum Gasteiger partial charge on any atom is 0.306 e. The highest BCUT2D eigenvalue weighted by Gasteiger charge is 2.22. The SMILES string of the molecule is CCC(OC(=O)CCC(C)=O)[C@@H](CO)OC. The van der Waals surface area contributed by atoms with E-state index in [1.54, 1.807) is 0 Å². The van der Waals surface area contributed by atoms with Gasteiger partial charge in [-0.1, -0.05) is 6.92 Å². The number of aliphatic hydroxyl groups excluding tert-OH is 1. The zero-order valence-corrected chi connectivity index (χ0v) is 10.1. The monoisotopic (exact) mass is 232 g/mol. The third kappa shape index (κ3) is 5.82. The Morgan fingerprint density at radius 2 is 1.88 bits per heavy atom. The van der Waals surface area contributed by atoms with Gasteiger partial charge in [-0.2, -0.15) is 0 Å². The summed E-state index contributed by atoms with van der Waals surface area (Å²) < 4.78 is 10.1. The smallest absolute Gasteiger partial charge is 0.306 e. The highest BCUT2D eigenvalue weighted by atomic mass is 16.6. The van der Waals surface area contributed by atoms with Gasteiger partial charge >= 0.3 is 5.97 Å². The number of carbonyl (C=O) groups excluding carboxylic acids is 2. The van der Waals surface area contributed by atoms with E-state index in [9.17, 15) is 9.59 Å². The molecule has 5 nitrogen and oxygen atoms in total. The number of esters is 1. The van der Waals surface area contributed by atoms with Crippen LogP contribution in [0.4, 0.5) is 0 Å². The van der Waals surface area contributed by atoms with Gasteiger partial charge in [-0.15, -0.1) is 0 Å². The third-order valence-corrected chi connectivity index (χ3v) is 2.26. The highest BCUT2D eigenvalue weighted by Crippen LogP contribution is 2.09. The van der Waals surface area contributed by atoms with E-state index in [0.29, 0.717) is 6.42 Å². The van der Waals surface area contributed by atoms with Crippen LogP contribution in [0.3, 0.4) is 0 Å². The fourth-order valence-corrected chi connectivity index (χ4v) is 1.27. The molecule has 0 bridgehead atoms. The second-order valence-electron chi connectivity index (χ2n) is 3.60. The van der Waals surface area contributed by atoms with Crippen LogP contribution in [0.2, 0.25) is 0 Å². The van der Waals surface area contributed by atoms with Crippen molar-refractivity contribution in [1.29, 1.82) is 0 Å². The van der Waals surface area contributed by atoms with E-state index < -0.39 is 18.2 Å². The van der Waals surface area contributed by atoms with Crippen molar-refractivity contribution in [1.82, 2.24) is 0 Å². The summed E-state index contributed by atoms with van der Waals surface area (Å²) in [6.45, 7) is 3.07. The summed E-state index contributed by atoms with van der Waals surface area (Å²) in [6, 6.07) is 0. The van der Waals surface area contributed by atoms with Gasteiger partial charge in [0, 0.05) is 13.5 Å². The number of hydrogen-bond donors (Lipinski definition) is 1. The summed E-state index contributed by atoms with van der Waals surface area (Å²) in [5.74, 6) is -0.479. The lowest BCUT2D eigenvalue weighted by atomic mass is 10.1. The fourth-order valence-electron chi connectivity index (χ4n) is 1.27. The first kappa shape index (κ1) is 15.1. The van der Waals surface area contributed by atoms with Crippen molar-refractivity contribution in [2.45, 2.75) is 45.3 Å². The van der Waals surface area contributed by atoms with Gasteiger partial charge in [0.2, 0.25) is 0 Å². The van der Waals surface area contributed by atoms with E-state index in [2.05, 4.69) is 0 Å². The largest absolute Gasteiger partial charge is 0.459 e. The van der Waals surface area contributed by atoms with Crippen LogP contribution in [0.25, 0.3) is 0 Å². The van der Waals surface area contributed by atoms with Gasteiger partial charge in [0.05, 0.1) is 13.0 Å². The summed E-state index contributed by atoms with van der Waals surface area (Å²) in [5.41, 5.74) is 0. The first-order valence-electron chi connectivity index (χ1n) is 5.37. The Morgan fingerprint density at radius 3 is 2.25 bits per heavy atom. The van der Waals surface area contributed by atoms with E-state index in [1.807, 2.05) is 6.92 Å². The second-order valence-corrected chi connectivity index (χ2v) is 3.60. The molecular formula is C11H20O5. The molecular weight excluding hydrogens is 212 g/mol. The number of rotatable bonds is 8. The molecule has 0 spiro atoms. The topological polar surface area (TPSA) is 72.8 Å². The van der Waals surface area contributed by atoms with Crippen LogP contribution in [0.5, 0.6) is 0 Å². The average molecular weight is 232 g/mol. The zero-order chi connectivity index (χ0) is 12.6. The molecule has 0 saturated heterocycles. The van der Waals surface area contributed by atoms with Crippen LogP contribution in [0, 0.1) is 0 Å². The molecule has 0 saturated carbocycles. The van der Waals surface area contributed by atoms with Crippen molar-refractivity contribution >= 4 is 11.8 Å². The van der Waals surface area contributed by atoms with Crippen LogP contribution in [-0.2, 0) is 19.1 Å². The van der Waals surface area contributed by atoms with Gasteiger partial charge in [-0.3, -0.25) is 4.79 Å². The number of aliphatic hydroxyl groups is 1. The van der Waals surface area contributed by atoms with Gasteiger partial charge in [0.25, 0.3) is 0 Å². The minimum absolute atomic E-state index is 0.0459. The number of ether oxygens (including phenoxy) is 2. The van der Waals surface area contributed by atoms with E-state index >= 15 is 0 Å². The molecule has 0 aromatic heterocycles. The Labute approximate surface area is 95.7 Å². The molecule has 0 fully saturated rings. The molecule has 0 aromatic rings. The van der Waals surface area contributed by atoms with Gasteiger partial charge in [0.1, 0.15) is 18.0 Å². The van der Waals surface area contributed by atoms with Crippen molar-refractivity contribution < 1.29 is 24.2 Å². The lowest BCUT2D eigenvalue weighted by Gasteiger charge is -2.23. The molecule has 0 heterocycles. The molecule has 2 atom stereocenters. The summed E-state index contributed by atoms with van der Waals surface area (Å²) >= 11 is 0. The average Bonchev–Trinajstić information content (AvgIpc) is 2.26. The Bertz CT molecular complexity index is 222. The maximum atomic E-state index is 11.3. The van der Waals surface area contributed by atoms with E-state index in [0.717, 1.165) is 0 Å². The fraction of sp³-hybridized carbons (Fsp3) is 0.818. The molecule has 0 amide bonds. The van der Waals surface area contributed by atoms with Gasteiger partial charge in [-0.25, -0.2) is 0 Å². The molecule has 0 rings (SSSR count). The standard InChI is InChI=1S/C11H20O5/c1-4-9(10(7-12)15-3)16-11(14)6-5-8(2)13/h9-10,12H,4-7H2,1-3H3/t9?,10-/m1/s1. The minimum Gasteiger partial charge on any atom is -0.459 e. The maximum absolute atomic E-state index is 11.3. The number of methoxy groups -OCH3 is 1. The summed E-state index contributed by atoms with van der Waals surface area (Å²) in [6.07, 6.45) is -0.148. The molecule has 16 heavy (non-hydrogen) atoms. The van der Waals surface area contributed by atoms with Crippen molar-refractivity contribution in [3.63, 3.8) is 0 Å². The molecule has 5 heteroatoms. The summed E-state index contributed by atoms with van der Waals surface area (Å²) in [4.78, 5) is 22.0. The predicted octanol–water partition coefficient (Wildman–Crippen LogP) is 0.685. The van der Waals surface area contributed by atoms with Crippen LogP contribution in [0.15, 0.2) is 0 Å². The first-order valence-corrected chi connectivity index (χ1v) is 5.37. The zero-order valence-electron chi connectivity index (χ0n) is 10.1. The quantitative estimate of drug-likeness (QED) is 0.623. The van der Waals surface area contributed by atoms with Crippen LogP contribution < -0.4 is 0 Å². The van der Waals surface area contributed by atoms with Crippen LogP contribution in [0.1, 0.15) is 33.1 Å². The van der Waals surface area contributed by atoms with Gasteiger partial charge in [0.15, 0.2) is 0 Å². The van der Waals surface area contributed by atoms with E-state index in [1.165, 1.54) is 14.0 Å². The lowest BCUT2D eigenvalue weighted by Crippen LogP contribution is -2.35. The van der Waals surface area contributed by atoms with Gasteiger partial charge < -0.3 is 19.4 Å². The number of carbonyl (C=O) groups is 2. The highest BCUT2D eigenvalue weighted by molar-refractivity contribution is 5.81. The van der Waals surface area contributed by atoms with Crippen molar-refractivity contribution in [3.05, 3.63) is 0 Å². The second kappa shape index (κ2) is 8.24. The molecule has 94 valence electrons. The minimum atomic E-state index is -0.508. The van der Waals surface area contributed by atoms with Crippen LogP contribution >= 0.6 is 0 Å². The van der Waals surface area contributed by atoms with E-state index in [4.69, 9.17) is 14.6 Å². The molecule has 0 aliphatic carbocycles. The lowest BCUT2D eigenvalue weighted by molar-refractivity contribution is -0.159. The van der Waals surface area contributed by atoms with Crippen molar-refractivity contribution in [2.24, 2.45) is 0 Å². The Hall–Kier alpha value is -0.940. The Balaban J connectivity index is 4.10. The Kier molecular flexibility index (Phi) is 7.76. The number of Topliss-reactive ketones (excluding diaryl/α,β-unsaturated/α-hetero) is 1. The summed E-state index contributed by atoms with van der Waals surface area (Å²) in [7, 11) is 1.45.